The van der Waals surface area contributed by atoms with E-state index in [4.69, 9.17) is 4.74 Å². The van der Waals surface area contributed by atoms with Crippen LogP contribution in [0.5, 0.6) is 0 Å². The van der Waals surface area contributed by atoms with Crippen molar-refractivity contribution >= 4 is 27.4 Å². The lowest BCUT2D eigenvalue weighted by molar-refractivity contribution is 0.120. The highest BCUT2D eigenvalue weighted by Crippen LogP contribution is 2.28. The van der Waals surface area contributed by atoms with Crippen LogP contribution in [-0.4, -0.2) is 29.2 Å². The Morgan fingerprint density at radius 1 is 1.50 bits per heavy atom. The number of rotatable bonds is 4. The van der Waals surface area contributed by atoms with Gasteiger partial charge in [-0.05, 0) is 25.3 Å². The highest BCUT2D eigenvalue weighted by molar-refractivity contribution is 7.18. The summed E-state index contributed by atoms with van der Waals surface area (Å²) in [5.41, 5.74) is 0. The molecular formula is C13H17N3OS. The highest BCUT2D eigenvalue weighted by atomic mass is 32.1. The van der Waals surface area contributed by atoms with Crippen LogP contribution in [0.25, 0.3) is 10.2 Å². The highest BCUT2D eigenvalue weighted by Gasteiger charge is 2.16. The Labute approximate surface area is 110 Å². The van der Waals surface area contributed by atoms with Crippen molar-refractivity contribution < 1.29 is 4.74 Å². The zero-order valence-corrected chi connectivity index (χ0v) is 11.3. The fraction of sp³-hybridized carbons (Fsp3) is 0.538. The summed E-state index contributed by atoms with van der Waals surface area (Å²) < 4.78 is 5.61. The van der Waals surface area contributed by atoms with Gasteiger partial charge in [-0.3, -0.25) is 0 Å². The smallest absolute Gasteiger partial charge is 0.138 e. The molecule has 3 heterocycles. The van der Waals surface area contributed by atoms with Crippen LogP contribution >= 0.6 is 11.3 Å². The van der Waals surface area contributed by atoms with Crippen molar-refractivity contribution in [1.82, 2.24) is 9.97 Å². The molecule has 1 N–H and O–H groups in total. The predicted octanol–water partition coefficient (Wildman–Crippen LogP) is 2.84. The van der Waals surface area contributed by atoms with E-state index in [9.17, 15) is 0 Å². The third-order valence-corrected chi connectivity index (χ3v) is 4.44. The minimum atomic E-state index is 0.333. The molecule has 0 unspecified atom stereocenters. The summed E-state index contributed by atoms with van der Waals surface area (Å²) in [6.07, 6.45) is 5.33. The Balaban J connectivity index is 1.79. The van der Waals surface area contributed by atoms with E-state index in [-0.39, 0.29) is 0 Å². The van der Waals surface area contributed by atoms with Gasteiger partial charge in [0.25, 0.3) is 0 Å². The first-order chi connectivity index (χ1) is 8.86. The van der Waals surface area contributed by atoms with Gasteiger partial charge in [0.2, 0.25) is 0 Å². The number of aromatic nitrogens is 2. The molecule has 1 fully saturated rings. The number of fused-ring (bicyclic) bond motifs is 1. The van der Waals surface area contributed by atoms with E-state index >= 15 is 0 Å². The summed E-state index contributed by atoms with van der Waals surface area (Å²) in [6, 6.07) is 2.19. The van der Waals surface area contributed by atoms with Gasteiger partial charge in [0.1, 0.15) is 17.0 Å². The first kappa shape index (κ1) is 11.9. The van der Waals surface area contributed by atoms with Gasteiger partial charge in [0, 0.05) is 18.0 Å². The lowest BCUT2D eigenvalue weighted by Crippen LogP contribution is -2.19. The maximum absolute atomic E-state index is 5.61. The van der Waals surface area contributed by atoms with Gasteiger partial charge in [-0.15, -0.1) is 11.3 Å². The van der Waals surface area contributed by atoms with E-state index in [1.54, 1.807) is 17.7 Å². The first-order valence-corrected chi connectivity index (χ1v) is 7.27. The summed E-state index contributed by atoms with van der Waals surface area (Å²) in [7, 11) is 0. The van der Waals surface area contributed by atoms with Gasteiger partial charge in [-0.2, -0.15) is 0 Å². The molecule has 1 saturated heterocycles. The van der Waals surface area contributed by atoms with Gasteiger partial charge in [0.05, 0.1) is 11.5 Å². The molecule has 0 spiro atoms. The van der Waals surface area contributed by atoms with Crippen molar-refractivity contribution in [2.45, 2.75) is 32.3 Å². The van der Waals surface area contributed by atoms with Crippen LogP contribution < -0.4 is 5.32 Å². The predicted molar refractivity (Wildman–Crippen MR) is 74.3 cm³/mol. The zero-order valence-electron chi connectivity index (χ0n) is 10.5. The molecule has 5 heteroatoms. The van der Waals surface area contributed by atoms with E-state index in [0.29, 0.717) is 6.10 Å². The van der Waals surface area contributed by atoms with E-state index in [1.165, 1.54) is 11.3 Å². The van der Waals surface area contributed by atoms with Gasteiger partial charge < -0.3 is 10.1 Å². The fourth-order valence-electron chi connectivity index (χ4n) is 2.24. The van der Waals surface area contributed by atoms with Crippen LogP contribution in [0.3, 0.4) is 0 Å². The number of anilines is 1. The Morgan fingerprint density at radius 3 is 3.22 bits per heavy atom. The van der Waals surface area contributed by atoms with Gasteiger partial charge in [-0.1, -0.05) is 6.92 Å². The molecule has 1 atom stereocenters. The average molecular weight is 263 g/mol. The number of nitrogens with zero attached hydrogens (tertiary/aromatic N) is 2. The second kappa shape index (κ2) is 5.20. The van der Waals surface area contributed by atoms with Crippen molar-refractivity contribution in [3.8, 4) is 0 Å². The fourth-order valence-corrected chi connectivity index (χ4v) is 3.17. The topological polar surface area (TPSA) is 47.0 Å². The Kier molecular flexibility index (Phi) is 3.43. The Bertz CT molecular complexity index is 534. The van der Waals surface area contributed by atoms with E-state index in [1.807, 2.05) is 0 Å². The minimum Gasteiger partial charge on any atom is -0.376 e. The molecule has 0 aromatic carbocycles. The molecular weight excluding hydrogens is 246 g/mol. The third-order valence-electron chi connectivity index (χ3n) is 3.25. The molecule has 96 valence electrons. The summed E-state index contributed by atoms with van der Waals surface area (Å²) in [4.78, 5) is 11.1. The standard InChI is InChI=1S/C13H17N3OS/c1-2-10-6-11-12(15-8-16-13(11)18-10)14-7-9-4-3-5-17-9/h6,8-9H,2-5,7H2,1H3,(H,14,15,16)/t9-/m0/s1. The lowest BCUT2D eigenvalue weighted by atomic mass is 10.2. The zero-order chi connectivity index (χ0) is 12.4. The minimum absolute atomic E-state index is 0.333. The van der Waals surface area contributed by atoms with Crippen LogP contribution in [0.4, 0.5) is 5.82 Å². The third kappa shape index (κ3) is 2.33. The molecule has 0 radical (unpaired) electrons. The summed E-state index contributed by atoms with van der Waals surface area (Å²) in [6.45, 7) is 3.89. The summed E-state index contributed by atoms with van der Waals surface area (Å²) in [5.74, 6) is 0.937. The van der Waals surface area contributed by atoms with Crippen molar-refractivity contribution in [3.63, 3.8) is 0 Å². The van der Waals surface area contributed by atoms with E-state index < -0.39 is 0 Å². The number of hydrogen-bond donors (Lipinski definition) is 1. The summed E-state index contributed by atoms with van der Waals surface area (Å²) >= 11 is 1.75. The molecule has 1 aliphatic heterocycles. The normalized spacial score (nSPS) is 19.5. The number of thiophene rings is 1. The van der Waals surface area contributed by atoms with Crippen LogP contribution in [0, 0.1) is 0 Å². The van der Waals surface area contributed by atoms with Crippen LogP contribution in [-0.2, 0) is 11.2 Å². The maximum atomic E-state index is 5.61. The first-order valence-electron chi connectivity index (χ1n) is 6.45. The number of nitrogens with one attached hydrogen (secondary N) is 1. The molecule has 0 saturated carbocycles. The van der Waals surface area contributed by atoms with Crippen molar-refractivity contribution in [1.29, 1.82) is 0 Å². The van der Waals surface area contributed by atoms with Gasteiger partial charge >= 0.3 is 0 Å². The number of ether oxygens (including phenoxy) is 1. The van der Waals surface area contributed by atoms with Crippen LogP contribution in [0.15, 0.2) is 12.4 Å². The molecule has 18 heavy (non-hydrogen) atoms. The Morgan fingerprint density at radius 2 is 2.44 bits per heavy atom. The average Bonchev–Trinajstić information content (AvgIpc) is 3.04. The second-order valence-electron chi connectivity index (χ2n) is 4.52. The van der Waals surface area contributed by atoms with Crippen molar-refractivity contribution in [2.24, 2.45) is 0 Å². The monoisotopic (exact) mass is 263 g/mol. The molecule has 1 aliphatic rings. The van der Waals surface area contributed by atoms with Crippen molar-refractivity contribution in [2.75, 3.05) is 18.5 Å². The molecule has 3 rings (SSSR count). The number of hydrogen-bond acceptors (Lipinski definition) is 5. The maximum Gasteiger partial charge on any atom is 0.138 e. The number of aryl methyl sites for hydroxylation is 1. The second-order valence-corrected chi connectivity index (χ2v) is 5.64. The quantitative estimate of drug-likeness (QED) is 0.921. The van der Waals surface area contributed by atoms with Gasteiger partial charge in [0.15, 0.2) is 0 Å². The largest absolute Gasteiger partial charge is 0.376 e. The Hall–Kier alpha value is -1.20. The van der Waals surface area contributed by atoms with Crippen LogP contribution in [0.2, 0.25) is 0 Å². The SMILES string of the molecule is CCc1cc2c(NC[C@@H]3CCCO3)ncnc2s1. The molecule has 4 nitrogen and oxygen atoms in total. The van der Waals surface area contributed by atoms with Crippen molar-refractivity contribution in [3.05, 3.63) is 17.3 Å². The van der Waals surface area contributed by atoms with E-state index in [2.05, 4.69) is 28.3 Å². The molecule has 0 aliphatic carbocycles. The van der Waals surface area contributed by atoms with E-state index in [0.717, 1.165) is 42.0 Å². The molecule has 2 aromatic rings. The summed E-state index contributed by atoms with van der Waals surface area (Å²) in [5, 5.41) is 4.53. The molecule has 0 amide bonds. The van der Waals surface area contributed by atoms with Gasteiger partial charge in [-0.25, -0.2) is 9.97 Å². The molecule has 0 bridgehead atoms. The van der Waals surface area contributed by atoms with Crippen LogP contribution in [0.1, 0.15) is 24.6 Å². The molecule has 2 aromatic heterocycles. The lowest BCUT2D eigenvalue weighted by Gasteiger charge is -2.11.